The van der Waals surface area contributed by atoms with Crippen molar-refractivity contribution in [3.63, 3.8) is 0 Å². The van der Waals surface area contributed by atoms with Gasteiger partial charge in [-0.2, -0.15) is 0 Å². The number of nitrogens with one attached hydrogen (secondary N) is 1. The lowest BCUT2D eigenvalue weighted by atomic mass is 10.0. The van der Waals surface area contributed by atoms with Crippen LogP contribution in [0.15, 0.2) is 54.6 Å². The second-order valence-corrected chi connectivity index (χ2v) is 9.57. The quantitative estimate of drug-likeness (QED) is 0.496. The van der Waals surface area contributed by atoms with Crippen molar-refractivity contribution in [1.29, 1.82) is 0 Å². The Hall–Kier alpha value is -2.93. The van der Waals surface area contributed by atoms with E-state index in [-0.39, 0.29) is 36.2 Å². The van der Waals surface area contributed by atoms with Gasteiger partial charge >= 0.3 is 5.97 Å². The van der Waals surface area contributed by atoms with Gasteiger partial charge in [-0.1, -0.05) is 48.5 Å². The number of aromatic nitrogens is 1. The van der Waals surface area contributed by atoms with Crippen LogP contribution in [0.3, 0.4) is 0 Å². The van der Waals surface area contributed by atoms with Crippen molar-refractivity contribution < 1.29 is 22.7 Å². The zero-order valence-corrected chi connectivity index (χ0v) is 16.6. The van der Waals surface area contributed by atoms with Crippen molar-refractivity contribution in [2.24, 2.45) is 5.92 Å². The summed E-state index contributed by atoms with van der Waals surface area (Å²) in [6.07, 6.45) is 0.484. The zero-order valence-electron chi connectivity index (χ0n) is 15.8. The van der Waals surface area contributed by atoms with Gasteiger partial charge in [0, 0.05) is 17.3 Å². The molecule has 2 heterocycles. The molecule has 1 saturated heterocycles. The summed E-state index contributed by atoms with van der Waals surface area (Å²) in [6.45, 7) is -0.375. The molecule has 29 heavy (non-hydrogen) atoms. The van der Waals surface area contributed by atoms with Crippen LogP contribution in [0, 0.1) is 5.92 Å². The number of hydrogen-bond acceptors (Lipinski definition) is 5. The molecule has 0 unspecified atom stereocenters. The second-order valence-electron chi connectivity index (χ2n) is 7.34. The van der Waals surface area contributed by atoms with E-state index in [4.69, 9.17) is 4.74 Å². The van der Waals surface area contributed by atoms with Crippen LogP contribution in [-0.4, -0.2) is 43.3 Å². The molecular weight excluding hydrogens is 390 g/mol. The Labute approximate surface area is 168 Å². The maximum Gasteiger partial charge on any atom is 0.306 e. The molecule has 1 aliphatic heterocycles. The minimum atomic E-state index is -3.05. The van der Waals surface area contributed by atoms with Crippen molar-refractivity contribution in [1.82, 2.24) is 4.98 Å². The molecular formula is C22H21NO5S. The molecule has 1 fully saturated rings. The Balaban J connectivity index is 1.52. The monoisotopic (exact) mass is 411 g/mol. The lowest BCUT2D eigenvalue weighted by Crippen LogP contribution is -2.17. The van der Waals surface area contributed by atoms with Gasteiger partial charge in [0.25, 0.3) is 0 Å². The number of rotatable bonds is 6. The predicted octanol–water partition coefficient (Wildman–Crippen LogP) is 3.39. The Morgan fingerprint density at radius 2 is 1.76 bits per heavy atom. The van der Waals surface area contributed by atoms with E-state index in [1.807, 2.05) is 54.6 Å². The van der Waals surface area contributed by atoms with Crippen LogP contribution in [-0.2, 0) is 19.4 Å². The number of aromatic amines is 1. The van der Waals surface area contributed by atoms with E-state index in [2.05, 4.69) is 4.98 Å². The molecule has 1 aromatic heterocycles. The Kier molecular flexibility index (Phi) is 5.24. The third-order valence-electron chi connectivity index (χ3n) is 5.19. The van der Waals surface area contributed by atoms with Crippen molar-refractivity contribution in [3.8, 4) is 11.3 Å². The average Bonchev–Trinajstić information content (AvgIpc) is 3.26. The van der Waals surface area contributed by atoms with Crippen molar-refractivity contribution in [2.45, 2.75) is 12.8 Å². The van der Waals surface area contributed by atoms with Crippen molar-refractivity contribution >= 4 is 32.5 Å². The van der Waals surface area contributed by atoms with Crippen LogP contribution in [0.5, 0.6) is 0 Å². The number of ether oxygens (including phenoxy) is 1. The summed E-state index contributed by atoms with van der Waals surface area (Å²) in [4.78, 5) is 28.4. The first-order chi connectivity index (χ1) is 13.9. The van der Waals surface area contributed by atoms with Crippen LogP contribution in [0.2, 0.25) is 0 Å². The SMILES string of the molecule is O=C(C[C@H]1CCS(=O)(=O)C1)OCC(=O)c1c(-c2ccccc2)[nH]c2ccccc12. The number of Topliss-reactive ketones (excluding diaryl/α,β-unsaturated/α-hetero) is 1. The van der Waals surface area contributed by atoms with E-state index in [0.29, 0.717) is 17.7 Å². The lowest BCUT2D eigenvalue weighted by Gasteiger charge is -2.09. The summed E-state index contributed by atoms with van der Waals surface area (Å²) >= 11 is 0. The highest BCUT2D eigenvalue weighted by Gasteiger charge is 2.30. The summed E-state index contributed by atoms with van der Waals surface area (Å²) in [7, 11) is -3.05. The number of carbonyl (C=O) groups excluding carboxylic acids is 2. The Morgan fingerprint density at radius 1 is 1.03 bits per heavy atom. The van der Waals surface area contributed by atoms with E-state index in [9.17, 15) is 18.0 Å². The maximum atomic E-state index is 13.0. The summed E-state index contributed by atoms with van der Waals surface area (Å²) in [5.41, 5.74) is 2.88. The number of carbonyl (C=O) groups is 2. The fourth-order valence-electron chi connectivity index (χ4n) is 3.80. The van der Waals surface area contributed by atoms with E-state index < -0.39 is 15.8 Å². The summed E-state index contributed by atoms with van der Waals surface area (Å²) in [5, 5.41) is 0.772. The molecule has 4 rings (SSSR count). The van der Waals surface area contributed by atoms with Gasteiger partial charge in [-0.3, -0.25) is 9.59 Å². The van der Waals surface area contributed by atoms with Crippen LogP contribution >= 0.6 is 0 Å². The van der Waals surface area contributed by atoms with E-state index >= 15 is 0 Å². The smallest absolute Gasteiger partial charge is 0.306 e. The normalized spacial score (nSPS) is 18.0. The largest absolute Gasteiger partial charge is 0.457 e. The fourth-order valence-corrected chi connectivity index (χ4v) is 5.66. The number of para-hydroxylation sites is 1. The van der Waals surface area contributed by atoms with E-state index in [1.165, 1.54) is 0 Å². The van der Waals surface area contributed by atoms with Gasteiger partial charge in [-0.15, -0.1) is 0 Å². The van der Waals surface area contributed by atoms with Crippen molar-refractivity contribution in [2.75, 3.05) is 18.1 Å². The topological polar surface area (TPSA) is 93.3 Å². The van der Waals surface area contributed by atoms with Crippen LogP contribution in [0.4, 0.5) is 0 Å². The molecule has 0 radical (unpaired) electrons. The summed E-state index contributed by atoms with van der Waals surface area (Å²) in [5.74, 6) is -0.943. The van der Waals surface area contributed by atoms with Gasteiger partial charge in [-0.25, -0.2) is 8.42 Å². The third-order valence-corrected chi connectivity index (χ3v) is 7.03. The zero-order chi connectivity index (χ0) is 20.4. The predicted molar refractivity (Wildman–Crippen MR) is 110 cm³/mol. The van der Waals surface area contributed by atoms with E-state index in [1.54, 1.807) is 0 Å². The van der Waals surface area contributed by atoms with E-state index in [0.717, 1.165) is 16.5 Å². The Morgan fingerprint density at radius 3 is 2.48 bits per heavy atom. The van der Waals surface area contributed by atoms with Gasteiger partial charge in [0.15, 0.2) is 16.4 Å². The van der Waals surface area contributed by atoms with Gasteiger partial charge in [0.2, 0.25) is 5.78 Å². The standard InChI is InChI=1S/C22H21NO5S/c24-19(13-28-20(25)12-15-10-11-29(26,27)14-15)21-17-8-4-5-9-18(17)23-22(21)16-6-2-1-3-7-16/h1-9,15,23H,10-14H2/t15-/m1/s1. The first-order valence-electron chi connectivity index (χ1n) is 9.48. The number of fused-ring (bicyclic) bond motifs is 1. The number of ketones is 1. The Bertz CT molecular complexity index is 1160. The van der Waals surface area contributed by atoms with Crippen LogP contribution in [0.1, 0.15) is 23.2 Å². The van der Waals surface area contributed by atoms with Gasteiger partial charge in [0.05, 0.1) is 22.8 Å². The van der Waals surface area contributed by atoms with Gasteiger partial charge in [0.1, 0.15) is 0 Å². The van der Waals surface area contributed by atoms with Crippen LogP contribution < -0.4 is 0 Å². The molecule has 150 valence electrons. The minimum Gasteiger partial charge on any atom is -0.457 e. The maximum absolute atomic E-state index is 13.0. The molecule has 7 heteroatoms. The molecule has 1 aliphatic rings. The summed E-state index contributed by atoms with van der Waals surface area (Å²) in [6, 6.07) is 17.0. The summed E-state index contributed by atoms with van der Waals surface area (Å²) < 4.78 is 28.3. The number of hydrogen-bond donors (Lipinski definition) is 1. The van der Waals surface area contributed by atoms with Crippen LogP contribution in [0.25, 0.3) is 22.2 Å². The number of H-pyrrole nitrogens is 1. The fraction of sp³-hybridized carbons (Fsp3) is 0.273. The molecule has 3 aromatic rings. The number of esters is 1. The third kappa shape index (κ3) is 4.24. The first kappa shape index (κ1) is 19.4. The molecule has 0 bridgehead atoms. The molecule has 1 atom stereocenters. The van der Waals surface area contributed by atoms with Gasteiger partial charge in [-0.05, 0) is 24.0 Å². The molecule has 2 aromatic carbocycles. The van der Waals surface area contributed by atoms with Gasteiger partial charge < -0.3 is 9.72 Å². The molecule has 0 saturated carbocycles. The molecule has 6 nitrogen and oxygen atoms in total. The highest BCUT2D eigenvalue weighted by molar-refractivity contribution is 7.91. The average molecular weight is 411 g/mol. The highest BCUT2D eigenvalue weighted by atomic mass is 32.2. The first-order valence-corrected chi connectivity index (χ1v) is 11.3. The highest BCUT2D eigenvalue weighted by Crippen LogP contribution is 2.31. The molecule has 0 spiro atoms. The molecule has 0 aliphatic carbocycles. The molecule has 1 N–H and O–H groups in total. The number of sulfone groups is 1. The van der Waals surface area contributed by atoms with Crippen molar-refractivity contribution in [3.05, 3.63) is 60.2 Å². The molecule has 0 amide bonds. The lowest BCUT2D eigenvalue weighted by molar-refractivity contribution is -0.143. The number of benzene rings is 2. The minimum absolute atomic E-state index is 0.0106. The second kappa shape index (κ2) is 7.83.